The lowest BCUT2D eigenvalue weighted by Crippen LogP contribution is -2.19. The van der Waals surface area contributed by atoms with Gasteiger partial charge in [0.05, 0.1) is 5.71 Å². The Hall–Kier alpha value is -2.33. The van der Waals surface area contributed by atoms with Crippen LogP contribution in [-0.4, -0.2) is 16.7 Å². The first-order chi connectivity index (χ1) is 10.1. The van der Waals surface area contributed by atoms with Crippen molar-refractivity contribution < 1.29 is 9.90 Å². The SMILES string of the molecule is CC/C(=N\NC(=O)c1ccc(O)cc1)c1cccc(Cl)c1. The highest BCUT2D eigenvalue weighted by atomic mass is 35.5. The van der Waals surface area contributed by atoms with Gasteiger partial charge in [-0.2, -0.15) is 5.10 Å². The van der Waals surface area contributed by atoms with Gasteiger partial charge in [0.15, 0.2) is 0 Å². The molecule has 0 fully saturated rings. The number of hydrogen-bond acceptors (Lipinski definition) is 3. The lowest BCUT2D eigenvalue weighted by molar-refractivity contribution is 0.0955. The Morgan fingerprint density at radius 2 is 1.90 bits per heavy atom. The molecule has 1 amide bonds. The number of halogens is 1. The Morgan fingerprint density at radius 1 is 1.19 bits per heavy atom. The topological polar surface area (TPSA) is 61.7 Å². The van der Waals surface area contributed by atoms with E-state index in [-0.39, 0.29) is 11.7 Å². The molecule has 0 unspecified atom stereocenters. The van der Waals surface area contributed by atoms with E-state index >= 15 is 0 Å². The Bertz CT molecular complexity index is 666. The summed E-state index contributed by atoms with van der Waals surface area (Å²) in [6, 6.07) is 13.3. The fourth-order valence-electron chi connectivity index (χ4n) is 1.81. The summed E-state index contributed by atoms with van der Waals surface area (Å²) in [6.45, 7) is 1.95. The van der Waals surface area contributed by atoms with E-state index in [1.807, 2.05) is 19.1 Å². The van der Waals surface area contributed by atoms with Gasteiger partial charge < -0.3 is 5.11 Å². The molecule has 0 aromatic heterocycles. The summed E-state index contributed by atoms with van der Waals surface area (Å²) in [5.74, 6) is -0.216. The van der Waals surface area contributed by atoms with E-state index in [4.69, 9.17) is 11.6 Å². The number of rotatable bonds is 4. The highest BCUT2D eigenvalue weighted by Gasteiger charge is 2.06. The molecule has 108 valence electrons. The smallest absolute Gasteiger partial charge is 0.271 e. The zero-order chi connectivity index (χ0) is 15.2. The van der Waals surface area contributed by atoms with Gasteiger partial charge in [-0.3, -0.25) is 4.79 Å². The third kappa shape index (κ3) is 4.07. The number of phenolic OH excluding ortho intramolecular Hbond substituents is 1. The molecule has 0 saturated heterocycles. The van der Waals surface area contributed by atoms with Crippen molar-refractivity contribution in [1.82, 2.24) is 5.43 Å². The van der Waals surface area contributed by atoms with Crippen molar-refractivity contribution in [2.24, 2.45) is 5.10 Å². The van der Waals surface area contributed by atoms with Crippen molar-refractivity contribution in [3.8, 4) is 5.75 Å². The van der Waals surface area contributed by atoms with Crippen LogP contribution in [0.25, 0.3) is 0 Å². The Kier molecular flexibility index (Phi) is 4.95. The molecule has 0 spiro atoms. The Balaban J connectivity index is 2.14. The van der Waals surface area contributed by atoms with Gasteiger partial charge in [-0.25, -0.2) is 5.43 Å². The molecule has 2 rings (SSSR count). The van der Waals surface area contributed by atoms with Gasteiger partial charge in [-0.1, -0.05) is 30.7 Å². The van der Waals surface area contributed by atoms with Gasteiger partial charge in [0.2, 0.25) is 0 Å². The lowest BCUT2D eigenvalue weighted by atomic mass is 10.1. The highest BCUT2D eigenvalue weighted by Crippen LogP contribution is 2.13. The fraction of sp³-hybridized carbons (Fsp3) is 0.125. The number of phenols is 1. The molecule has 0 bridgehead atoms. The normalized spacial score (nSPS) is 11.2. The van der Waals surface area contributed by atoms with E-state index in [1.54, 1.807) is 12.1 Å². The second kappa shape index (κ2) is 6.90. The molecule has 2 aromatic carbocycles. The predicted molar refractivity (Wildman–Crippen MR) is 83.9 cm³/mol. The van der Waals surface area contributed by atoms with Crippen molar-refractivity contribution in [3.05, 3.63) is 64.7 Å². The first-order valence-electron chi connectivity index (χ1n) is 6.52. The molecule has 4 nitrogen and oxygen atoms in total. The molecular weight excluding hydrogens is 288 g/mol. The first kappa shape index (κ1) is 15.1. The summed E-state index contributed by atoms with van der Waals surface area (Å²) in [5, 5.41) is 14.0. The van der Waals surface area contributed by atoms with Crippen LogP contribution in [0.5, 0.6) is 5.75 Å². The first-order valence-corrected chi connectivity index (χ1v) is 6.90. The maximum atomic E-state index is 11.9. The van der Waals surface area contributed by atoms with Crippen LogP contribution in [0, 0.1) is 0 Å². The van der Waals surface area contributed by atoms with Crippen LogP contribution in [0.4, 0.5) is 0 Å². The number of carbonyl (C=O) groups is 1. The number of hydrogen-bond donors (Lipinski definition) is 2. The van der Waals surface area contributed by atoms with Crippen LogP contribution in [0.15, 0.2) is 53.6 Å². The summed E-state index contributed by atoms with van der Waals surface area (Å²) in [6.07, 6.45) is 0.663. The molecule has 0 saturated carbocycles. The van der Waals surface area contributed by atoms with Gasteiger partial charge in [0, 0.05) is 10.6 Å². The molecule has 0 aliphatic heterocycles. The van der Waals surface area contributed by atoms with E-state index in [0.717, 1.165) is 11.3 Å². The van der Waals surface area contributed by atoms with Gasteiger partial charge in [0.1, 0.15) is 5.75 Å². The zero-order valence-electron chi connectivity index (χ0n) is 11.5. The van der Waals surface area contributed by atoms with Crippen LogP contribution in [-0.2, 0) is 0 Å². The van der Waals surface area contributed by atoms with Crippen LogP contribution < -0.4 is 5.43 Å². The molecule has 2 N–H and O–H groups in total. The molecule has 5 heteroatoms. The van der Waals surface area contributed by atoms with Gasteiger partial charge in [-0.15, -0.1) is 0 Å². The fourth-order valence-corrected chi connectivity index (χ4v) is 2.00. The standard InChI is InChI=1S/C16H15ClN2O2/c1-2-15(12-4-3-5-13(17)10-12)18-19-16(21)11-6-8-14(20)9-7-11/h3-10,20H,2H2,1H3,(H,19,21)/b18-15+. The third-order valence-corrected chi connectivity index (χ3v) is 3.15. The largest absolute Gasteiger partial charge is 0.508 e. The van der Waals surface area contributed by atoms with E-state index in [9.17, 15) is 9.90 Å². The monoisotopic (exact) mass is 302 g/mol. The number of nitrogens with one attached hydrogen (secondary N) is 1. The summed E-state index contributed by atoms with van der Waals surface area (Å²) in [7, 11) is 0. The van der Waals surface area contributed by atoms with Gasteiger partial charge in [-0.05, 0) is 48.4 Å². The zero-order valence-corrected chi connectivity index (χ0v) is 12.3. The second-order valence-corrected chi connectivity index (χ2v) is 4.85. The molecule has 2 aromatic rings. The molecule has 21 heavy (non-hydrogen) atoms. The van der Waals surface area contributed by atoms with Gasteiger partial charge in [0.25, 0.3) is 5.91 Å². The van der Waals surface area contributed by atoms with Crippen molar-refractivity contribution >= 4 is 23.2 Å². The quantitative estimate of drug-likeness (QED) is 0.669. The number of benzene rings is 2. The maximum Gasteiger partial charge on any atom is 0.271 e. The van der Waals surface area contributed by atoms with Crippen molar-refractivity contribution in [3.63, 3.8) is 0 Å². The molecule has 0 aliphatic carbocycles. The predicted octanol–water partition coefficient (Wildman–Crippen LogP) is 3.59. The Morgan fingerprint density at radius 3 is 2.52 bits per heavy atom. The molecule has 0 heterocycles. The van der Waals surface area contributed by atoms with E-state index in [2.05, 4.69) is 10.5 Å². The summed E-state index contributed by atoms with van der Waals surface area (Å²) in [4.78, 5) is 11.9. The molecule has 0 radical (unpaired) electrons. The summed E-state index contributed by atoms with van der Waals surface area (Å²) in [5.41, 5.74) is 4.55. The third-order valence-electron chi connectivity index (χ3n) is 2.91. The maximum absolute atomic E-state index is 11.9. The van der Waals surface area contributed by atoms with E-state index in [1.165, 1.54) is 24.3 Å². The van der Waals surface area contributed by atoms with Crippen molar-refractivity contribution in [2.45, 2.75) is 13.3 Å². The van der Waals surface area contributed by atoms with Crippen LogP contribution in [0.3, 0.4) is 0 Å². The summed E-state index contributed by atoms with van der Waals surface area (Å²) < 4.78 is 0. The molecular formula is C16H15ClN2O2. The number of hydrazone groups is 1. The number of amides is 1. The number of nitrogens with zero attached hydrogens (tertiary/aromatic N) is 1. The Labute approximate surface area is 128 Å². The van der Waals surface area contributed by atoms with Crippen molar-refractivity contribution in [2.75, 3.05) is 0 Å². The average Bonchev–Trinajstić information content (AvgIpc) is 2.48. The minimum Gasteiger partial charge on any atom is -0.508 e. The van der Waals surface area contributed by atoms with Crippen LogP contribution in [0.2, 0.25) is 5.02 Å². The van der Waals surface area contributed by atoms with Crippen molar-refractivity contribution in [1.29, 1.82) is 0 Å². The van der Waals surface area contributed by atoms with Gasteiger partial charge >= 0.3 is 0 Å². The van der Waals surface area contributed by atoms with E-state index < -0.39 is 0 Å². The summed E-state index contributed by atoms with van der Waals surface area (Å²) >= 11 is 5.95. The number of aromatic hydroxyl groups is 1. The average molecular weight is 303 g/mol. The highest BCUT2D eigenvalue weighted by molar-refractivity contribution is 6.31. The number of carbonyl (C=O) groups excluding carboxylic acids is 1. The van der Waals surface area contributed by atoms with Crippen LogP contribution in [0.1, 0.15) is 29.3 Å². The minimum absolute atomic E-state index is 0.114. The second-order valence-electron chi connectivity index (χ2n) is 4.41. The lowest BCUT2D eigenvalue weighted by Gasteiger charge is -2.06. The van der Waals surface area contributed by atoms with Crippen LogP contribution >= 0.6 is 11.6 Å². The minimum atomic E-state index is -0.331. The molecule has 0 aliphatic rings. The molecule has 0 atom stereocenters. The van der Waals surface area contributed by atoms with E-state index in [0.29, 0.717) is 17.0 Å².